The minimum Gasteiger partial charge on any atom is -0.497 e. The van der Waals surface area contributed by atoms with Crippen LogP contribution in [0.4, 0.5) is 11.4 Å². The molecule has 1 N–H and O–H groups in total. The number of anilines is 1. The van der Waals surface area contributed by atoms with E-state index in [-0.39, 0.29) is 5.69 Å². The average Bonchev–Trinajstić information content (AvgIpc) is 2.72. The predicted octanol–water partition coefficient (Wildman–Crippen LogP) is 6.32. The van der Waals surface area contributed by atoms with E-state index >= 15 is 0 Å². The molecule has 0 aliphatic carbocycles. The van der Waals surface area contributed by atoms with Gasteiger partial charge in [-0.25, -0.2) is 0 Å². The molecule has 6 nitrogen and oxygen atoms in total. The summed E-state index contributed by atoms with van der Waals surface area (Å²) in [5.74, 6) is 1.51. The Kier molecular flexibility index (Phi) is 7.11. The summed E-state index contributed by atoms with van der Waals surface area (Å²) in [4.78, 5) is 10.4. The summed E-state index contributed by atoms with van der Waals surface area (Å²) in [5.41, 5.74) is 2.83. The number of hydrogen-bond donors (Lipinski definition) is 1. The van der Waals surface area contributed by atoms with E-state index in [1.807, 2.05) is 36.4 Å². The Morgan fingerprint density at radius 2 is 1.72 bits per heavy atom. The topological polar surface area (TPSA) is 73.6 Å². The van der Waals surface area contributed by atoms with Crippen molar-refractivity contribution < 1.29 is 14.4 Å². The van der Waals surface area contributed by atoms with Crippen molar-refractivity contribution >= 4 is 43.2 Å². The molecule has 0 radical (unpaired) electrons. The Morgan fingerprint density at radius 3 is 2.34 bits per heavy atom. The molecule has 0 heterocycles. The van der Waals surface area contributed by atoms with Crippen molar-refractivity contribution in [2.24, 2.45) is 0 Å². The number of nitro groups is 1. The van der Waals surface area contributed by atoms with Crippen LogP contribution < -0.4 is 14.8 Å². The molecule has 3 rings (SSSR count). The van der Waals surface area contributed by atoms with Gasteiger partial charge in [0.15, 0.2) is 0 Å². The first kappa shape index (κ1) is 21.1. The highest BCUT2D eigenvalue weighted by atomic mass is 79.9. The van der Waals surface area contributed by atoms with Crippen molar-refractivity contribution in [3.05, 3.63) is 90.9 Å². The molecule has 29 heavy (non-hydrogen) atoms. The number of ether oxygens (including phenoxy) is 2. The zero-order valence-electron chi connectivity index (χ0n) is 15.5. The van der Waals surface area contributed by atoms with Crippen LogP contribution in [-0.4, -0.2) is 12.0 Å². The summed E-state index contributed by atoms with van der Waals surface area (Å²) < 4.78 is 13.0. The average molecular weight is 522 g/mol. The molecule has 3 aromatic carbocycles. The summed E-state index contributed by atoms with van der Waals surface area (Å²) in [7, 11) is 1.63. The quantitative estimate of drug-likeness (QED) is 0.277. The lowest BCUT2D eigenvalue weighted by atomic mass is 10.2. The molecule has 0 spiro atoms. The Labute approximate surface area is 185 Å². The zero-order chi connectivity index (χ0) is 20.8. The van der Waals surface area contributed by atoms with Gasteiger partial charge in [-0.2, -0.15) is 0 Å². The third-order valence-corrected chi connectivity index (χ3v) is 5.24. The molecule has 0 fully saturated rings. The van der Waals surface area contributed by atoms with Crippen molar-refractivity contribution in [3.63, 3.8) is 0 Å². The molecule has 8 heteroatoms. The van der Waals surface area contributed by atoms with Crippen LogP contribution in [0.25, 0.3) is 0 Å². The fourth-order valence-electron chi connectivity index (χ4n) is 2.68. The number of benzene rings is 3. The lowest BCUT2D eigenvalue weighted by Gasteiger charge is -2.15. The highest BCUT2D eigenvalue weighted by Crippen LogP contribution is 2.34. The molecule has 3 aromatic rings. The van der Waals surface area contributed by atoms with Crippen LogP contribution in [0.15, 0.2) is 69.6 Å². The van der Waals surface area contributed by atoms with Gasteiger partial charge in [-0.3, -0.25) is 10.1 Å². The fraction of sp³-hybridized carbons (Fsp3) is 0.143. The first-order valence-corrected chi connectivity index (χ1v) is 10.3. The maximum absolute atomic E-state index is 10.8. The second kappa shape index (κ2) is 9.76. The van der Waals surface area contributed by atoms with E-state index in [4.69, 9.17) is 9.47 Å². The van der Waals surface area contributed by atoms with E-state index in [0.717, 1.165) is 31.5 Å². The Bertz CT molecular complexity index is 993. The molecule has 0 amide bonds. The maximum atomic E-state index is 10.8. The molecule has 0 aliphatic rings. The minimum absolute atomic E-state index is 0.0583. The van der Waals surface area contributed by atoms with E-state index in [2.05, 4.69) is 37.2 Å². The van der Waals surface area contributed by atoms with Gasteiger partial charge in [0.1, 0.15) is 18.1 Å². The highest BCUT2D eigenvalue weighted by molar-refractivity contribution is 9.11. The SMILES string of the molecule is COc1ccc(NCc2cc(Br)cc(Br)c2OCc2ccc([N+](=O)[O-])cc2)cc1. The normalized spacial score (nSPS) is 10.4. The summed E-state index contributed by atoms with van der Waals surface area (Å²) in [5, 5.41) is 14.2. The van der Waals surface area contributed by atoms with Gasteiger partial charge >= 0.3 is 0 Å². The molecule has 150 valence electrons. The van der Waals surface area contributed by atoms with Gasteiger partial charge in [0, 0.05) is 34.4 Å². The Balaban J connectivity index is 1.72. The number of nitrogens with one attached hydrogen (secondary N) is 1. The molecule has 0 saturated carbocycles. The van der Waals surface area contributed by atoms with Gasteiger partial charge in [-0.15, -0.1) is 0 Å². The highest BCUT2D eigenvalue weighted by Gasteiger charge is 2.12. The van der Waals surface area contributed by atoms with Crippen LogP contribution in [0.1, 0.15) is 11.1 Å². The molecule has 0 bridgehead atoms. The van der Waals surface area contributed by atoms with Crippen molar-refractivity contribution in [2.75, 3.05) is 12.4 Å². The number of nitrogens with zero attached hydrogens (tertiary/aromatic N) is 1. The third-order valence-electron chi connectivity index (χ3n) is 4.19. The van der Waals surface area contributed by atoms with Crippen LogP contribution in [0.2, 0.25) is 0 Å². The molecule has 0 aliphatic heterocycles. The second-order valence-electron chi connectivity index (χ2n) is 6.17. The van der Waals surface area contributed by atoms with E-state index in [0.29, 0.717) is 18.9 Å². The summed E-state index contributed by atoms with van der Waals surface area (Å²) in [6.45, 7) is 0.855. The van der Waals surface area contributed by atoms with E-state index < -0.39 is 4.92 Å². The third kappa shape index (κ3) is 5.71. The maximum Gasteiger partial charge on any atom is 0.269 e. The van der Waals surface area contributed by atoms with Gasteiger partial charge in [0.25, 0.3) is 5.69 Å². The number of halogens is 2. The smallest absolute Gasteiger partial charge is 0.269 e. The van der Waals surface area contributed by atoms with Crippen LogP contribution in [-0.2, 0) is 13.2 Å². The Morgan fingerprint density at radius 1 is 1.03 bits per heavy atom. The monoisotopic (exact) mass is 520 g/mol. The summed E-state index contributed by atoms with van der Waals surface area (Å²) >= 11 is 7.07. The first-order valence-electron chi connectivity index (χ1n) is 8.68. The first-order chi connectivity index (χ1) is 14.0. The van der Waals surface area contributed by atoms with Crippen LogP contribution >= 0.6 is 31.9 Å². The lowest BCUT2D eigenvalue weighted by molar-refractivity contribution is -0.384. The largest absolute Gasteiger partial charge is 0.497 e. The van der Waals surface area contributed by atoms with E-state index in [9.17, 15) is 10.1 Å². The lowest BCUT2D eigenvalue weighted by Crippen LogP contribution is -2.05. The fourth-order valence-corrected chi connectivity index (χ4v) is 4.11. The van der Waals surface area contributed by atoms with Gasteiger partial charge in [0.05, 0.1) is 16.5 Å². The van der Waals surface area contributed by atoms with Crippen LogP contribution in [0, 0.1) is 10.1 Å². The number of nitro benzene ring substituents is 1. The van der Waals surface area contributed by atoms with Gasteiger partial charge in [-0.1, -0.05) is 15.9 Å². The molecule has 0 aromatic heterocycles. The summed E-state index contributed by atoms with van der Waals surface area (Å²) in [6, 6.07) is 17.9. The molecular formula is C21H18Br2N2O4. The standard InChI is InChI=1S/C21H18Br2N2O4/c1-28-19-8-4-17(5-9-19)24-12-15-10-16(22)11-20(23)21(15)29-13-14-2-6-18(7-3-14)25(26)27/h2-11,24H,12-13H2,1H3. The molecule has 0 atom stereocenters. The van der Waals surface area contributed by atoms with Crippen molar-refractivity contribution in [1.29, 1.82) is 0 Å². The van der Waals surface area contributed by atoms with E-state index in [1.165, 1.54) is 12.1 Å². The molecular weight excluding hydrogens is 504 g/mol. The van der Waals surface area contributed by atoms with Gasteiger partial charge < -0.3 is 14.8 Å². The number of rotatable bonds is 8. The second-order valence-corrected chi connectivity index (χ2v) is 7.94. The zero-order valence-corrected chi connectivity index (χ0v) is 18.7. The van der Waals surface area contributed by atoms with E-state index in [1.54, 1.807) is 19.2 Å². The van der Waals surface area contributed by atoms with Crippen molar-refractivity contribution in [1.82, 2.24) is 0 Å². The van der Waals surface area contributed by atoms with Crippen molar-refractivity contribution in [3.8, 4) is 11.5 Å². The van der Waals surface area contributed by atoms with Gasteiger partial charge in [0.2, 0.25) is 0 Å². The predicted molar refractivity (Wildman–Crippen MR) is 120 cm³/mol. The Hall–Kier alpha value is -2.58. The minimum atomic E-state index is -0.418. The van der Waals surface area contributed by atoms with Crippen molar-refractivity contribution in [2.45, 2.75) is 13.2 Å². The molecule has 0 saturated heterocycles. The van der Waals surface area contributed by atoms with Crippen LogP contribution in [0.5, 0.6) is 11.5 Å². The number of non-ortho nitro benzene ring substituents is 1. The number of hydrogen-bond acceptors (Lipinski definition) is 5. The molecule has 0 unspecified atom stereocenters. The van der Waals surface area contributed by atoms with Crippen LogP contribution in [0.3, 0.4) is 0 Å². The summed E-state index contributed by atoms with van der Waals surface area (Å²) in [6.07, 6.45) is 0. The number of methoxy groups -OCH3 is 1. The van der Waals surface area contributed by atoms with Gasteiger partial charge in [-0.05, 0) is 70.0 Å².